The van der Waals surface area contributed by atoms with E-state index in [1.807, 2.05) is 55.5 Å². The first-order valence-corrected chi connectivity index (χ1v) is 11.3. The number of nitrogens with one attached hydrogen (secondary N) is 2. The molecular weight excluding hydrogens is 404 g/mol. The third kappa shape index (κ3) is 5.34. The maximum Gasteiger partial charge on any atom is 0.251 e. The third-order valence-corrected chi connectivity index (χ3v) is 6.19. The van der Waals surface area contributed by atoms with E-state index in [0.29, 0.717) is 24.2 Å². The van der Waals surface area contributed by atoms with Crippen molar-refractivity contribution in [3.63, 3.8) is 0 Å². The first-order valence-electron chi connectivity index (χ1n) is 11.3. The number of benzene rings is 2. The van der Waals surface area contributed by atoms with Gasteiger partial charge in [-0.25, -0.2) is 0 Å². The molecule has 168 valence electrons. The molecule has 2 fully saturated rings. The molecule has 0 saturated carbocycles. The maximum absolute atomic E-state index is 12.6. The van der Waals surface area contributed by atoms with E-state index < -0.39 is 0 Å². The average molecular weight is 435 g/mol. The second-order valence-corrected chi connectivity index (χ2v) is 8.59. The van der Waals surface area contributed by atoms with Crippen LogP contribution in [0.4, 0.5) is 11.4 Å². The van der Waals surface area contributed by atoms with Crippen LogP contribution in [0.2, 0.25) is 0 Å². The summed E-state index contributed by atoms with van der Waals surface area (Å²) < 4.78 is 0. The smallest absolute Gasteiger partial charge is 0.251 e. The van der Waals surface area contributed by atoms with Gasteiger partial charge in [0.25, 0.3) is 5.91 Å². The lowest BCUT2D eigenvalue weighted by atomic mass is 10.0. The number of likely N-dealkylation sites (tertiary alicyclic amines) is 1. The van der Waals surface area contributed by atoms with Gasteiger partial charge in [-0.3, -0.25) is 19.3 Å². The van der Waals surface area contributed by atoms with E-state index in [9.17, 15) is 14.4 Å². The standard InChI is InChI=1S/C25H30N4O3/c1-18-6-2-3-9-22(18)25(32)27-19-11-14-28(15-12-19)17-23(30)26-20-7-4-8-21(16-20)29-13-5-10-24(29)31/h2-4,6-9,16,19H,5,10-15,17H2,1H3,(H,26,30)(H,27,32). The minimum absolute atomic E-state index is 0.0318. The number of nitrogens with zero attached hydrogens (tertiary/aromatic N) is 2. The Morgan fingerprint density at radius 2 is 1.81 bits per heavy atom. The molecule has 2 saturated heterocycles. The molecule has 2 aromatic carbocycles. The molecule has 7 heteroatoms. The number of aryl methyl sites for hydroxylation is 1. The van der Waals surface area contributed by atoms with E-state index in [4.69, 9.17) is 0 Å². The number of anilines is 2. The van der Waals surface area contributed by atoms with Crippen molar-refractivity contribution in [2.45, 2.75) is 38.6 Å². The number of hydrogen-bond donors (Lipinski definition) is 2. The highest BCUT2D eigenvalue weighted by molar-refractivity contribution is 5.97. The molecule has 2 heterocycles. The van der Waals surface area contributed by atoms with Crippen molar-refractivity contribution in [3.8, 4) is 0 Å². The summed E-state index contributed by atoms with van der Waals surface area (Å²) in [5.74, 6) is 0.0267. The van der Waals surface area contributed by atoms with E-state index in [0.717, 1.165) is 50.1 Å². The Morgan fingerprint density at radius 1 is 1.03 bits per heavy atom. The summed E-state index contributed by atoms with van der Waals surface area (Å²) in [6, 6.07) is 15.2. The Morgan fingerprint density at radius 3 is 2.53 bits per heavy atom. The normalized spacial score (nSPS) is 17.4. The predicted octanol–water partition coefficient (Wildman–Crippen LogP) is 2.95. The van der Waals surface area contributed by atoms with Crippen LogP contribution in [0.1, 0.15) is 41.6 Å². The van der Waals surface area contributed by atoms with Crippen LogP contribution in [0, 0.1) is 6.92 Å². The molecule has 0 unspecified atom stereocenters. The van der Waals surface area contributed by atoms with Crippen molar-refractivity contribution in [2.24, 2.45) is 0 Å². The zero-order valence-corrected chi connectivity index (χ0v) is 18.5. The Kier molecular flexibility index (Phi) is 6.85. The number of hydrogen-bond acceptors (Lipinski definition) is 4. The predicted molar refractivity (Wildman–Crippen MR) is 125 cm³/mol. The molecule has 7 nitrogen and oxygen atoms in total. The van der Waals surface area contributed by atoms with Crippen LogP contribution in [-0.4, -0.2) is 54.8 Å². The number of carbonyl (C=O) groups excluding carboxylic acids is 3. The highest BCUT2D eigenvalue weighted by Crippen LogP contribution is 2.24. The molecular formula is C25H30N4O3. The summed E-state index contributed by atoms with van der Waals surface area (Å²) in [6.45, 7) is 4.49. The highest BCUT2D eigenvalue weighted by Gasteiger charge is 2.24. The minimum Gasteiger partial charge on any atom is -0.349 e. The van der Waals surface area contributed by atoms with Gasteiger partial charge >= 0.3 is 0 Å². The van der Waals surface area contributed by atoms with Gasteiger partial charge < -0.3 is 15.5 Å². The van der Waals surface area contributed by atoms with Gasteiger partial charge in [-0.1, -0.05) is 24.3 Å². The quantitative estimate of drug-likeness (QED) is 0.733. The third-order valence-electron chi connectivity index (χ3n) is 6.19. The van der Waals surface area contributed by atoms with Gasteiger partial charge in [-0.05, 0) is 56.0 Å². The fourth-order valence-electron chi connectivity index (χ4n) is 4.40. The first-order chi connectivity index (χ1) is 15.5. The first kappa shape index (κ1) is 22.0. The van der Waals surface area contributed by atoms with Gasteiger partial charge in [-0.2, -0.15) is 0 Å². The van der Waals surface area contributed by atoms with Gasteiger partial charge in [0.2, 0.25) is 11.8 Å². The molecule has 32 heavy (non-hydrogen) atoms. The van der Waals surface area contributed by atoms with Gasteiger partial charge in [0, 0.05) is 49.0 Å². The van der Waals surface area contributed by atoms with Crippen molar-refractivity contribution < 1.29 is 14.4 Å². The topological polar surface area (TPSA) is 81.8 Å². The monoisotopic (exact) mass is 434 g/mol. The molecule has 2 aliphatic rings. The number of piperidine rings is 1. The van der Waals surface area contributed by atoms with Crippen molar-refractivity contribution in [1.82, 2.24) is 10.2 Å². The molecule has 2 aliphatic heterocycles. The molecule has 0 bridgehead atoms. The molecule has 3 amide bonds. The van der Waals surface area contributed by atoms with Gasteiger partial charge in [0.15, 0.2) is 0 Å². The molecule has 0 atom stereocenters. The zero-order valence-electron chi connectivity index (χ0n) is 18.5. The van der Waals surface area contributed by atoms with Crippen LogP contribution in [0.15, 0.2) is 48.5 Å². The van der Waals surface area contributed by atoms with Gasteiger partial charge in [0.1, 0.15) is 0 Å². The van der Waals surface area contributed by atoms with E-state index in [-0.39, 0.29) is 23.8 Å². The lowest BCUT2D eigenvalue weighted by Crippen LogP contribution is -2.46. The molecule has 4 rings (SSSR count). The van der Waals surface area contributed by atoms with E-state index in [1.165, 1.54) is 0 Å². The molecule has 0 aliphatic carbocycles. The molecule has 2 N–H and O–H groups in total. The zero-order chi connectivity index (χ0) is 22.5. The van der Waals surface area contributed by atoms with Crippen LogP contribution >= 0.6 is 0 Å². The lowest BCUT2D eigenvalue weighted by molar-refractivity contribution is -0.118. The Balaban J connectivity index is 1.24. The van der Waals surface area contributed by atoms with E-state index in [2.05, 4.69) is 15.5 Å². The second-order valence-electron chi connectivity index (χ2n) is 8.59. The second kappa shape index (κ2) is 9.96. The van der Waals surface area contributed by atoms with Crippen LogP contribution in [-0.2, 0) is 9.59 Å². The van der Waals surface area contributed by atoms with Gasteiger partial charge in [0.05, 0.1) is 6.54 Å². The average Bonchev–Trinajstić information content (AvgIpc) is 3.21. The van der Waals surface area contributed by atoms with E-state index >= 15 is 0 Å². The fraction of sp³-hybridized carbons (Fsp3) is 0.400. The summed E-state index contributed by atoms with van der Waals surface area (Å²) in [4.78, 5) is 40.9. The van der Waals surface area contributed by atoms with Gasteiger partial charge in [-0.15, -0.1) is 0 Å². The van der Waals surface area contributed by atoms with Crippen LogP contribution in [0.5, 0.6) is 0 Å². The summed E-state index contributed by atoms with van der Waals surface area (Å²) in [5, 5.41) is 6.08. The van der Waals surface area contributed by atoms with Crippen molar-refractivity contribution in [3.05, 3.63) is 59.7 Å². The Hall–Kier alpha value is -3.19. The minimum atomic E-state index is -0.0719. The largest absolute Gasteiger partial charge is 0.349 e. The summed E-state index contributed by atoms with van der Waals surface area (Å²) in [7, 11) is 0. The summed E-state index contributed by atoms with van der Waals surface area (Å²) in [6.07, 6.45) is 3.09. The molecule has 2 aromatic rings. The van der Waals surface area contributed by atoms with Crippen LogP contribution in [0.3, 0.4) is 0 Å². The number of carbonyl (C=O) groups is 3. The lowest BCUT2D eigenvalue weighted by Gasteiger charge is -2.32. The number of amides is 3. The van der Waals surface area contributed by atoms with Crippen molar-refractivity contribution in [2.75, 3.05) is 36.4 Å². The molecule has 0 radical (unpaired) electrons. The van der Waals surface area contributed by atoms with E-state index in [1.54, 1.807) is 4.90 Å². The maximum atomic E-state index is 12.6. The Bertz CT molecular complexity index is 998. The van der Waals surface area contributed by atoms with Crippen LogP contribution in [0.25, 0.3) is 0 Å². The Labute approximate surface area is 188 Å². The van der Waals surface area contributed by atoms with Crippen molar-refractivity contribution in [1.29, 1.82) is 0 Å². The number of rotatable bonds is 6. The fourth-order valence-corrected chi connectivity index (χ4v) is 4.40. The summed E-state index contributed by atoms with van der Waals surface area (Å²) in [5.41, 5.74) is 3.22. The molecule has 0 aromatic heterocycles. The highest BCUT2D eigenvalue weighted by atomic mass is 16.2. The molecule has 0 spiro atoms. The SMILES string of the molecule is Cc1ccccc1C(=O)NC1CCN(CC(=O)Nc2cccc(N3CCCC3=O)c2)CC1. The summed E-state index contributed by atoms with van der Waals surface area (Å²) >= 11 is 0. The van der Waals surface area contributed by atoms with Crippen molar-refractivity contribution >= 4 is 29.1 Å². The van der Waals surface area contributed by atoms with Crippen LogP contribution < -0.4 is 15.5 Å².